The molecule has 5 nitrogen and oxygen atoms in total. The van der Waals surface area contributed by atoms with E-state index in [4.69, 9.17) is 5.73 Å². The van der Waals surface area contributed by atoms with E-state index in [2.05, 4.69) is 5.10 Å². The van der Waals surface area contributed by atoms with Gasteiger partial charge in [-0.25, -0.2) is 0 Å². The number of hydrogen-bond donors (Lipinski definition) is 2. The van der Waals surface area contributed by atoms with Gasteiger partial charge < -0.3 is 10.9 Å². The molecule has 0 spiro atoms. The second-order valence-electron chi connectivity index (χ2n) is 2.62. The number of carbonyl (C=O) groups excluding carboxylic acids is 1. The van der Waals surface area contributed by atoms with Crippen LogP contribution in [0.4, 0.5) is 0 Å². The Balaban J connectivity index is 2.85. The number of primary amides is 1. The summed E-state index contributed by atoms with van der Waals surface area (Å²) < 4.78 is 0. The summed E-state index contributed by atoms with van der Waals surface area (Å²) in [6, 6.07) is 6.81. The number of nitrogens with zero attached hydrogens (tertiary/aromatic N) is 2. The maximum absolute atomic E-state index is 10.9. The highest BCUT2D eigenvalue weighted by molar-refractivity contribution is 6.03. The van der Waals surface area contributed by atoms with Crippen LogP contribution < -0.4 is 5.73 Å². The molecule has 0 saturated heterocycles. The Kier molecular flexibility index (Phi) is 1.45. The Morgan fingerprint density at radius 1 is 1.46 bits per heavy atom. The molecule has 0 aliphatic carbocycles. The number of carbonyl (C=O) groups is 1. The van der Waals surface area contributed by atoms with Gasteiger partial charge in [-0.1, -0.05) is 18.2 Å². The summed E-state index contributed by atoms with van der Waals surface area (Å²) in [5.74, 6) is -0.649. The molecular weight excluding hydrogens is 170 g/mol. The highest BCUT2D eigenvalue weighted by Crippen LogP contribution is 2.16. The molecule has 0 saturated carbocycles. The van der Waals surface area contributed by atoms with Gasteiger partial charge in [0.05, 0.1) is 0 Å². The molecule has 0 atom stereocenters. The van der Waals surface area contributed by atoms with Gasteiger partial charge in [-0.2, -0.15) is 0 Å². The van der Waals surface area contributed by atoms with Crippen molar-refractivity contribution >= 4 is 16.8 Å². The molecule has 0 bridgehead atoms. The topological polar surface area (TPSA) is 81.1 Å². The molecular formula is C8H7N3O2. The van der Waals surface area contributed by atoms with E-state index in [1.54, 1.807) is 24.3 Å². The zero-order chi connectivity index (χ0) is 9.42. The van der Waals surface area contributed by atoms with Gasteiger partial charge in [0.1, 0.15) is 5.52 Å². The van der Waals surface area contributed by atoms with Crippen LogP contribution in [0.2, 0.25) is 0 Å². The second kappa shape index (κ2) is 2.48. The number of rotatable bonds is 1. The third kappa shape index (κ3) is 1.01. The smallest absolute Gasteiger partial charge is 0.269 e. The number of nitrogens with two attached hydrogens (primary N) is 1. The SMILES string of the molecule is NC(=O)c1nn(O)c2ccccc12. The Bertz CT molecular complexity index is 475. The van der Waals surface area contributed by atoms with Crippen molar-refractivity contribution in [3.63, 3.8) is 0 Å². The number of para-hydroxylation sites is 1. The van der Waals surface area contributed by atoms with E-state index < -0.39 is 5.91 Å². The summed E-state index contributed by atoms with van der Waals surface area (Å²) in [5, 5.41) is 13.4. The van der Waals surface area contributed by atoms with Crippen molar-refractivity contribution in [2.75, 3.05) is 0 Å². The van der Waals surface area contributed by atoms with Gasteiger partial charge in [-0.3, -0.25) is 4.79 Å². The van der Waals surface area contributed by atoms with Crippen LogP contribution in [0.15, 0.2) is 24.3 Å². The molecule has 0 aliphatic heterocycles. The lowest BCUT2D eigenvalue weighted by Gasteiger charge is -1.89. The fourth-order valence-electron chi connectivity index (χ4n) is 1.23. The molecule has 0 aliphatic rings. The Hall–Kier alpha value is -2.04. The minimum absolute atomic E-state index is 0.0816. The van der Waals surface area contributed by atoms with E-state index >= 15 is 0 Å². The van der Waals surface area contributed by atoms with Crippen molar-refractivity contribution in [3.05, 3.63) is 30.0 Å². The van der Waals surface area contributed by atoms with Gasteiger partial charge in [0.2, 0.25) is 0 Å². The molecule has 5 heteroatoms. The molecule has 1 aromatic heterocycles. The molecule has 13 heavy (non-hydrogen) atoms. The molecule has 0 fully saturated rings. The maximum atomic E-state index is 10.9. The van der Waals surface area contributed by atoms with Crippen molar-refractivity contribution < 1.29 is 10.0 Å². The highest BCUT2D eigenvalue weighted by Gasteiger charge is 2.12. The fraction of sp³-hybridized carbons (Fsp3) is 0. The third-order valence-electron chi connectivity index (χ3n) is 1.80. The zero-order valence-corrected chi connectivity index (χ0v) is 6.64. The molecule has 1 heterocycles. The van der Waals surface area contributed by atoms with E-state index in [1.165, 1.54) is 0 Å². The van der Waals surface area contributed by atoms with Gasteiger partial charge >= 0.3 is 0 Å². The average molecular weight is 177 g/mol. The molecule has 0 unspecified atom stereocenters. The van der Waals surface area contributed by atoms with Gasteiger partial charge in [0, 0.05) is 5.39 Å². The van der Waals surface area contributed by atoms with E-state index in [0.29, 0.717) is 15.7 Å². The van der Waals surface area contributed by atoms with Crippen LogP contribution in [0.5, 0.6) is 0 Å². The summed E-state index contributed by atoms with van der Waals surface area (Å²) in [5.41, 5.74) is 5.62. The minimum atomic E-state index is -0.649. The van der Waals surface area contributed by atoms with E-state index in [-0.39, 0.29) is 5.69 Å². The van der Waals surface area contributed by atoms with Crippen LogP contribution in [0, 0.1) is 0 Å². The molecule has 1 amide bonds. The molecule has 1 aromatic carbocycles. The largest absolute Gasteiger partial charge is 0.411 e. The number of benzene rings is 1. The average Bonchev–Trinajstić information content (AvgIpc) is 2.45. The number of aromatic nitrogens is 2. The van der Waals surface area contributed by atoms with E-state index in [9.17, 15) is 10.0 Å². The lowest BCUT2D eigenvalue weighted by molar-refractivity contribution is 0.0984. The van der Waals surface area contributed by atoms with Crippen molar-refractivity contribution in [1.29, 1.82) is 0 Å². The van der Waals surface area contributed by atoms with Gasteiger partial charge in [-0.05, 0) is 6.07 Å². The van der Waals surface area contributed by atoms with Gasteiger partial charge in [-0.15, -0.1) is 9.94 Å². The number of amides is 1. The molecule has 2 aromatic rings. The Labute approximate surface area is 73.3 Å². The highest BCUT2D eigenvalue weighted by atomic mass is 16.5. The molecule has 0 radical (unpaired) electrons. The maximum Gasteiger partial charge on any atom is 0.269 e. The lowest BCUT2D eigenvalue weighted by atomic mass is 10.2. The van der Waals surface area contributed by atoms with Crippen LogP contribution in [-0.4, -0.2) is 21.1 Å². The monoisotopic (exact) mass is 177 g/mol. The van der Waals surface area contributed by atoms with Crippen molar-refractivity contribution in [2.45, 2.75) is 0 Å². The first-order chi connectivity index (χ1) is 6.20. The Morgan fingerprint density at radius 2 is 2.15 bits per heavy atom. The first kappa shape index (κ1) is 7.60. The summed E-state index contributed by atoms with van der Waals surface area (Å²) in [6.07, 6.45) is 0. The second-order valence-corrected chi connectivity index (χ2v) is 2.62. The first-order valence-corrected chi connectivity index (χ1v) is 3.67. The number of fused-ring (bicyclic) bond motifs is 1. The fourth-order valence-corrected chi connectivity index (χ4v) is 1.23. The van der Waals surface area contributed by atoms with Crippen LogP contribution in [0.3, 0.4) is 0 Å². The summed E-state index contributed by atoms with van der Waals surface area (Å²) >= 11 is 0. The van der Waals surface area contributed by atoms with E-state index in [1.807, 2.05) is 0 Å². The standard InChI is InChI=1S/C8H7N3O2/c9-8(12)7-5-3-1-2-4-6(5)11(13)10-7/h1-4,13H,(H2,9,12). The van der Waals surface area contributed by atoms with Gasteiger partial charge in [0.25, 0.3) is 5.91 Å². The van der Waals surface area contributed by atoms with Crippen molar-refractivity contribution in [1.82, 2.24) is 9.94 Å². The summed E-state index contributed by atoms with van der Waals surface area (Å²) in [6.45, 7) is 0. The lowest BCUT2D eigenvalue weighted by Crippen LogP contribution is -2.12. The molecule has 3 N–H and O–H groups in total. The zero-order valence-electron chi connectivity index (χ0n) is 6.64. The summed E-state index contributed by atoms with van der Waals surface area (Å²) in [4.78, 5) is 11.5. The van der Waals surface area contributed by atoms with Crippen molar-refractivity contribution in [2.24, 2.45) is 5.73 Å². The molecule has 66 valence electrons. The molecule has 2 rings (SSSR count). The minimum Gasteiger partial charge on any atom is -0.411 e. The Morgan fingerprint density at radius 3 is 2.85 bits per heavy atom. The van der Waals surface area contributed by atoms with Crippen LogP contribution >= 0.6 is 0 Å². The first-order valence-electron chi connectivity index (χ1n) is 3.67. The van der Waals surface area contributed by atoms with Crippen LogP contribution in [0.25, 0.3) is 10.9 Å². The van der Waals surface area contributed by atoms with Crippen LogP contribution in [0.1, 0.15) is 10.5 Å². The summed E-state index contributed by atoms with van der Waals surface area (Å²) in [7, 11) is 0. The van der Waals surface area contributed by atoms with Gasteiger partial charge in [0.15, 0.2) is 5.69 Å². The number of hydrogen-bond acceptors (Lipinski definition) is 3. The predicted octanol–water partition coefficient (Wildman–Crippen LogP) is 0.372. The van der Waals surface area contributed by atoms with E-state index in [0.717, 1.165) is 0 Å². The predicted molar refractivity (Wildman–Crippen MR) is 45.4 cm³/mol. The van der Waals surface area contributed by atoms with Crippen molar-refractivity contribution in [3.8, 4) is 0 Å². The third-order valence-corrected chi connectivity index (χ3v) is 1.80. The normalized spacial score (nSPS) is 10.5. The van der Waals surface area contributed by atoms with Crippen LogP contribution in [-0.2, 0) is 0 Å². The quantitative estimate of drug-likeness (QED) is 0.617.